The first-order valence-corrected chi connectivity index (χ1v) is 7.01. The van der Waals surface area contributed by atoms with Crippen molar-refractivity contribution in [3.05, 3.63) is 71.9 Å². The molecule has 0 saturated carbocycles. The molecule has 0 atom stereocenters. The molecule has 2 aromatic carbocycles. The summed E-state index contributed by atoms with van der Waals surface area (Å²) in [5.74, 6) is 0. The molecule has 106 valence electrons. The summed E-state index contributed by atoms with van der Waals surface area (Å²) in [4.78, 5) is 4.45. The second kappa shape index (κ2) is 6.37. The molecule has 3 rings (SSSR count). The van der Waals surface area contributed by atoms with Crippen LogP contribution in [0.3, 0.4) is 0 Å². The topological polar surface area (TPSA) is 34.1 Å². The molecule has 1 heterocycles. The van der Waals surface area contributed by atoms with E-state index in [-0.39, 0.29) is 0 Å². The van der Waals surface area contributed by atoms with Crippen LogP contribution in [0.2, 0.25) is 0 Å². The first-order chi connectivity index (χ1) is 10.4. The molecule has 0 amide bonds. The third-order valence-electron chi connectivity index (χ3n) is 3.45. The molecule has 3 heteroatoms. The second-order valence-corrected chi connectivity index (χ2v) is 4.98. The van der Waals surface area contributed by atoms with Crippen molar-refractivity contribution in [2.45, 2.75) is 13.2 Å². The summed E-state index contributed by atoms with van der Waals surface area (Å²) >= 11 is 0. The summed E-state index contributed by atoms with van der Waals surface area (Å²) in [5.41, 5.74) is 4.50. The van der Waals surface area contributed by atoms with Crippen LogP contribution in [-0.2, 0) is 17.9 Å². The number of methoxy groups -OCH3 is 1. The molecule has 1 aromatic heterocycles. The maximum atomic E-state index is 5.12. The van der Waals surface area contributed by atoms with Gasteiger partial charge < -0.3 is 10.1 Å². The number of hydrogen-bond donors (Lipinski definition) is 1. The molecule has 0 aliphatic carbocycles. The van der Waals surface area contributed by atoms with E-state index < -0.39 is 0 Å². The van der Waals surface area contributed by atoms with Crippen molar-refractivity contribution in [2.24, 2.45) is 0 Å². The smallest absolute Gasteiger partial charge is 0.0933 e. The molecule has 0 spiro atoms. The Balaban J connectivity index is 1.74. The van der Waals surface area contributed by atoms with Crippen molar-refractivity contribution >= 4 is 16.6 Å². The molecular formula is C18H18N2O. The summed E-state index contributed by atoms with van der Waals surface area (Å²) in [6.45, 7) is 1.43. The van der Waals surface area contributed by atoms with Gasteiger partial charge in [0, 0.05) is 25.2 Å². The Morgan fingerprint density at radius 1 is 0.952 bits per heavy atom. The number of rotatable bonds is 5. The normalized spacial score (nSPS) is 10.7. The molecule has 0 aliphatic rings. The van der Waals surface area contributed by atoms with Crippen molar-refractivity contribution in [3.8, 4) is 0 Å². The fourth-order valence-electron chi connectivity index (χ4n) is 2.36. The van der Waals surface area contributed by atoms with Crippen LogP contribution in [0.1, 0.15) is 11.1 Å². The Hall–Kier alpha value is -2.39. The van der Waals surface area contributed by atoms with E-state index in [2.05, 4.69) is 52.8 Å². The van der Waals surface area contributed by atoms with Gasteiger partial charge in [-0.15, -0.1) is 0 Å². The van der Waals surface area contributed by atoms with Gasteiger partial charge in [0.2, 0.25) is 0 Å². The SMILES string of the molecule is COCc1ccc(CNc2cccc3cccnc23)cc1. The Kier molecular flexibility index (Phi) is 4.12. The van der Waals surface area contributed by atoms with Crippen molar-refractivity contribution < 1.29 is 4.74 Å². The van der Waals surface area contributed by atoms with Gasteiger partial charge in [-0.3, -0.25) is 4.98 Å². The fraction of sp³-hybridized carbons (Fsp3) is 0.167. The summed E-state index contributed by atoms with van der Waals surface area (Å²) in [6, 6.07) is 18.7. The Morgan fingerprint density at radius 3 is 2.52 bits per heavy atom. The van der Waals surface area contributed by atoms with E-state index in [9.17, 15) is 0 Å². The number of aromatic nitrogens is 1. The van der Waals surface area contributed by atoms with Crippen LogP contribution < -0.4 is 5.32 Å². The number of pyridine rings is 1. The molecule has 0 saturated heterocycles. The number of benzene rings is 2. The maximum Gasteiger partial charge on any atom is 0.0933 e. The van der Waals surface area contributed by atoms with Crippen molar-refractivity contribution in [1.29, 1.82) is 0 Å². The second-order valence-electron chi connectivity index (χ2n) is 4.98. The van der Waals surface area contributed by atoms with Crippen LogP contribution in [0.5, 0.6) is 0 Å². The number of nitrogens with zero attached hydrogens (tertiary/aromatic N) is 1. The van der Waals surface area contributed by atoms with E-state index >= 15 is 0 Å². The van der Waals surface area contributed by atoms with Crippen LogP contribution in [0, 0.1) is 0 Å². The minimum absolute atomic E-state index is 0.654. The molecule has 3 nitrogen and oxygen atoms in total. The fourth-order valence-corrected chi connectivity index (χ4v) is 2.36. The minimum atomic E-state index is 0.654. The van der Waals surface area contributed by atoms with Gasteiger partial charge in [0.05, 0.1) is 17.8 Å². The molecule has 0 unspecified atom stereocenters. The highest BCUT2D eigenvalue weighted by atomic mass is 16.5. The van der Waals surface area contributed by atoms with E-state index in [4.69, 9.17) is 4.74 Å². The average Bonchev–Trinajstić information content (AvgIpc) is 2.54. The van der Waals surface area contributed by atoms with Gasteiger partial charge in [-0.25, -0.2) is 0 Å². The van der Waals surface area contributed by atoms with Crippen molar-refractivity contribution in [1.82, 2.24) is 4.98 Å². The van der Waals surface area contributed by atoms with Crippen LogP contribution in [0.25, 0.3) is 10.9 Å². The largest absolute Gasteiger partial charge is 0.380 e. The summed E-state index contributed by atoms with van der Waals surface area (Å²) in [6.07, 6.45) is 1.83. The summed E-state index contributed by atoms with van der Waals surface area (Å²) in [5, 5.41) is 4.61. The zero-order chi connectivity index (χ0) is 14.5. The predicted molar refractivity (Wildman–Crippen MR) is 86.2 cm³/mol. The van der Waals surface area contributed by atoms with Crippen LogP contribution in [0.15, 0.2) is 60.8 Å². The summed E-state index contributed by atoms with van der Waals surface area (Å²) < 4.78 is 5.12. The van der Waals surface area contributed by atoms with Gasteiger partial charge in [0.1, 0.15) is 0 Å². The maximum absolute atomic E-state index is 5.12. The van der Waals surface area contributed by atoms with Gasteiger partial charge in [0.15, 0.2) is 0 Å². The van der Waals surface area contributed by atoms with Gasteiger partial charge in [-0.1, -0.05) is 42.5 Å². The molecule has 3 aromatic rings. The lowest BCUT2D eigenvalue weighted by molar-refractivity contribution is 0.185. The van der Waals surface area contributed by atoms with Gasteiger partial charge in [-0.2, -0.15) is 0 Å². The standard InChI is InChI=1S/C18H18N2O/c1-21-13-15-9-7-14(8-10-15)12-20-17-6-2-4-16-5-3-11-19-18(16)17/h2-11,20H,12-13H2,1H3. The highest BCUT2D eigenvalue weighted by Crippen LogP contribution is 2.21. The first-order valence-electron chi connectivity index (χ1n) is 7.01. The van der Waals surface area contributed by atoms with E-state index in [0.717, 1.165) is 23.1 Å². The Morgan fingerprint density at radius 2 is 1.71 bits per heavy atom. The molecular weight excluding hydrogens is 260 g/mol. The van der Waals surface area contributed by atoms with Crippen LogP contribution >= 0.6 is 0 Å². The average molecular weight is 278 g/mol. The van der Waals surface area contributed by atoms with Crippen LogP contribution in [-0.4, -0.2) is 12.1 Å². The van der Waals surface area contributed by atoms with Crippen molar-refractivity contribution in [2.75, 3.05) is 12.4 Å². The third-order valence-corrected chi connectivity index (χ3v) is 3.45. The number of ether oxygens (including phenoxy) is 1. The van der Waals surface area contributed by atoms with Gasteiger partial charge >= 0.3 is 0 Å². The monoisotopic (exact) mass is 278 g/mol. The number of fused-ring (bicyclic) bond motifs is 1. The molecule has 0 fully saturated rings. The lowest BCUT2D eigenvalue weighted by atomic mass is 10.1. The highest BCUT2D eigenvalue weighted by Gasteiger charge is 2.01. The van der Waals surface area contributed by atoms with E-state index in [1.807, 2.05) is 18.3 Å². The molecule has 1 N–H and O–H groups in total. The number of para-hydroxylation sites is 1. The predicted octanol–water partition coefficient (Wildman–Crippen LogP) is 3.99. The number of nitrogens with one attached hydrogen (secondary N) is 1. The minimum Gasteiger partial charge on any atom is -0.380 e. The third kappa shape index (κ3) is 3.20. The van der Waals surface area contributed by atoms with Crippen LogP contribution in [0.4, 0.5) is 5.69 Å². The zero-order valence-corrected chi connectivity index (χ0v) is 12.0. The first kappa shape index (κ1) is 13.6. The lowest BCUT2D eigenvalue weighted by Gasteiger charge is -2.09. The number of anilines is 1. The molecule has 0 aliphatic heterocycles. The van der Waals surface area contributed by atoms with Crippen molar-refractivity contribution in [3.63, 3.8) is 0 Å². The van der Waals surface area contributed by atoms with Gasteiger partial charge in [0.25, 0.3) is 0 Å². The van der Waals surface area contributed by atoms with E-state index in [1.165, 1.54) is 11.1 Å². The summed E-state index contributed by atoms with van der Waals surface area (Å²) in [7, 11) is 1.71. The van der Waals surface area contributed by atoms with E-state index in [0.29, 0.717) is 6.61 Å². The molecule has 0 radical (unpaired) electrons. The highest BCUT2D eigenvalue weighted by molar-refractivity contribution is 5.90. The Bertz CT molecular complexity index is 717. The number of hydrogen-bond acceptors (Lipinski definition) is 3. The molecule has 21 heavy (non-hydrogen) atoms. The van der Waals surface area contributed by atoms with Gasteiger partial charge in [-0.05, 0) is 23.3 Å². The molecule has 0 bridgehead atoms. The van der Waals surface area contributed by atoms with E-state index in [1.54, 1.807) is 7.11 Å². The lowest BCUT2D eigenvalue weighted by Crippen LogP contribution is -2.00. The Labute approximate surface area is 124 Å². The zero-order valence-electron chi connectivity index (χ0n) is 12.0. The quantitative estimate of drug-likeness (QED) is 0.766.